The van der Waals surface area contributed by atoms with Crippen LogP contribution in [0.25, 0.3) is 11.0 Å². The number of aliphatic hydroxyl groups excluding tert-OH is 2. The van der Waals surface area contributed by atoms with E-state index in [4.69, 9.17) is 9.94 Å². The van der Waals surface area contributed by atoms with Crippen molar-refractivity contribution in [1.82, 2.24) is 15.0 Å². The first-order valence-corrected chi connectivity index (χ1v) is 11.6. The van der Waals surface area contributed by atoms with Gasteiger partial charge in [-0.2, -0.15) is 0 Å². The third kappa shape index (κ3) is 5.91. The molecule has 3 aromatic rings. The van der Waals surface area contributed by atoms with E-state index in [1.54, 1.807) is 0 Å². The van der Waals surface area contributed by atoms with Crippen molar-refractivity contribution in [3.8, 4) is 0 Å². The Kier molecular flexibility index (Phi) is 8.60. The summed E-state index contributed by atoms with van der Waals surface area (Å²) in [4.78, 5) is 22.4. The number of hydrogen-bond donors (Lipinski definition) is 4. The van der Waals surface area contributed by atoms with Gasteiger partial charge >= 0.3 is 0 Å². The third-order valence-electron chi connectivity index (χ3n) is 5.54. The number of imidazole rings is 1. The van der Waals surface area contributed by atoms with Crippen molar-refractivity contribution in [2.45, 2.75) is 53.2 Å². The van der Waals surface area contributed by atoms with E-state index in [0.29, 0.717) is 23.7 Å². The van der Waals surface area contributed by atoms with Gasteiger partial charge in [0.05, 0.1) is 49.0 Å². The molecule has 4 N–H and O–H groups in total. The smallest absolute Gasteiger partial charge is 0.277 e. The fraction of sp³-hybridized carbons (Fsp3) is 0.440. The molecule has 1 aliphatic rings. The minimum atomic E-state index is -1.04. The quantitative estimate of drug-likeness (QED) is 0.351. The van der Waals surface area contributed by atoms with Crippen LogP contribution in [-0.4, -0.2) is 45.0 Å². The van der Waals surface area contributed by atoms with Gasteiger partial charge in [0, 0.05) is 5.69 Å². The van der Waals surface area contributed by atoms with E-state index in [1.807, 2.05) is 45.9 Å². The van der Waals surface area contributed by atoms with E-state index in [9.17, 15) is 9.90 Å². The minimum Gasteiger partial charge on any atom is -0.394 e. The van der Waals surface area contributed by atoms with Gasteiger partial charge in [0.2, 0.25) is 0 Å². The van der Waals surface area contributed by atoms with Gasteiger partial charge in [-0.1, -0.05) is 31.5 Å². The molecule has 0 radical (unpaired) electrons. The van der Waals surface area contributed by atoms with Crippen LogP contribution in [0.2, 0.25) is 0 Å². The number of carbonyl (C=O) groups excluding carboxylic acids is 1. The molecule has 0 saturated heterocycles. The number of aromatic nitrogens is 2. The number of anilines is 2. The van der Waals surface area contributed by atoms with E-state index in [-0.39, 0.29) is 23.3 Å². The molecular formula is C25H33FN4O4. The van der Waals surface area contributed by atoms with Gasteiger partial charge in [-0.15, -0.1) is 0 Å². The summed E-state index contributed by atoms with van der Waals surface area (Å²) in [6, 6.07) is 7.20. The molecule has 1 atom stereocenters. The molecule has 34 heavy (non-hydrogen) atoms. The summed E-state index contributed by atoms with van der Waals surface area (Å²) >= 11 is 0. The van der Waals surface area contributed by atoms with Crippen molar-refractivity contribution in [1.29, 1.82) is 0 Å². The standard InChI is InChI=1S/C23H27FN4O4.C2H6/c1-13-3-6-18(14(2)7-13)26-21-17(23(31)27-32-11-15-4-5-15)8-19-22(20(21)24)25-12-28(19)9-16(30)10-29;1-2/h3,6-8,12,15-16,26,29-30H,4-5,9-11H2,1-2H3,(H,27,31);1-2H3. The summed E-state index contributed by atoms with van der Waals surface area (Å²) in [6.45, 7) is 7.84. The van der Waals surface area contributed by atoms with E-state index in [1.165, 1.54) is 17.0 Å². The lowest BCUT2D eigenvalue weighted by molar-refractivity contribution is 0.0271. The molecule has 1 amide bonds. The van der Waals surface area contributed by atoms with Gasteiger partial charge in [0.15, 0.2) is 5.82 Å². The molecule has 1 fully saturated rings. The first kappa shape index (κ1) is 25.6. The molecule has 9 heteroatoms. The van der Waals surface area contributed by atoms with Crippen LogP contribution in [0.3, 0.4) is 0 Å². The maximum Gasteiger partial charge on any atom is 0.277 e. The minimum absolute atomic E-state index is 0.00932. The zero-order chi connectivity index (χ0) is 24.8. The lowest BCUT2D eigenvalue weighted by Crippen LogP contribution is -2.26. The average Bonchev–Trinajstić information content (AvgIpc) is 3.57. The van der Waals surface area contributed by atoms with Crippen molar-refractivity contribution >= 4 is 28.3 Å². The number of nitrogens with one attached hydrogen (secondary N) is 2. The first-order chi connectivity index (χ1) is 16.4. The number of rotatable bonds is 9. The summed E-state index contributed by atoms with van der Waals surface area (Å²) in [5.41, 5.74) is 5.46. The molecule has 1 aliphatic carbocycles. The number of halogens is 1. The summed E-state index contributed by atoms with van der Waals surface area (Å²) in [5, 5.41) is 22.0. The zero-order valence-corrected chi connectivity index (χ0v) is 20.1. The Hall–Kier alpha value is -3.01. The summed E-state index contributed by atoms with van der Waals surface area (Å²) in [5.74, 6) is -0.829. The van der Waals surface area contributed by atoms with Crippen LogP contribution < -0.4 is 10.8 Å². The summed E-state index contributed by atoms with van der Waals surface area (Å²) in [6.07, 6.45) is 2.48. The average molecular weight is 473 g/mol. The van der Waals surface area contributed by atoms with Gasteiger partial charge in [-0.3, -0.25) is 9.63 Å². The predicted octanol–water partition coefficient (Wildman–Crippen LogP) is 3.99. The number of carbonyl (C=O) groups is 1. The number of aryl methyl sites for hydroxylation is 2. The van der Waals surface area contributed by atoms with Gasteiger partial charge in [-0.25, -0.2) is 14.9 Å². The van der Waals surface area contributed by atoms with Crippen LogP contribution in [0.1, 0.15) is 48.2 Å². The Labute approximate surface area is 198 Å². The predicted molar refractivity (Wildman–Crippen MR) is 129 cm³/mol. The SMILES string of the molecule is CC.Cc1ccc(Nc2c(C(=O)NOCC3CC3)cc3c(ncn3CC(O)CO)c2F)c(C)c1. The Morgan fingerprint density at radius 1 is 1.29 bits per heavy atom. The molecule has 4 rings (SSSR count). The van der Waals surface area contributed by atoms with Crippen LogP contribution in [0, 0.1) is 25.6 Å². The third-order valence-corrected chi connectivity index (χ3v) is 5.54. The van der Waals surface area contributed by atoms with E-state index in [2.05, 4.69) is 15.8 Å². The van der Waals surface area contributed by atoms with E-state index < -0.39 is 24.4 Å². The first-order valence-electron chi connectivity index (χ1n) is 11.6. The van der Waals surface area contributed by atoms with E-state index >= 15 is 4.39 Å². The number of fused-ring (bicyclic) bond motifs is 1. The molecule has 8 nitrogen and oxygen atoms in total. The van der Waals surface area contributed by atoms with Crippen molar-refractivity contribution in [2.75, 3.05) is 18.5 Å². The molecule has 2 aromatic carbocycles. The highest BCUT2D eigenvalue weighted by Gasteiger charge is 2.25. The second-order valence-corrected chi connectivity index (χ2v) is 8.34. The number of amides is 1. The molecule has 184 valence electrons. The topological polar surface area (TPSA) is 109 Å². The van der Waals surface area contributed by atoms with Crippen molar-refractivity contribution in [3.05, 3.63) is 53.1 Å². The number of benzene rings is 2. The highest BCUT2D eigenvalue weighted by molar-refractivity contribution is 6.04. The van der Waals surface area contributed by atoms with Crippen molar-refractivity contribution < 1.29 is 24.2 Å². The van der Waals surface area contributed by atoms with Crippen LogP contribution in [0.5, 0.6) is 0 Å². The number of hydrogen-bond acceptors (Lipinski definition) is 6. The molecule has 0 spiro atoms. The number of nitrogens with zero attached hydrogens (tertiary/aromatic N) is 2. The van der Waals surface area contributed by atoms with E-state index in [0.717, 1.165) is 24.0 Å². The van der Waals surface area contributed by atoms with Gasteiger partial charge in [0.1, 0.15) is 5.52 Å². The largest absolute Gasteiger partial charge is 0.394 e. The summed E-state index contributed by atoms with van der Waals surface area (Å²) < 4.78 is 17.1. The lowest BCUT2D eigenvalue weighted by Gasteiger charge is -2.16. The van der Waals surface area contributed by atoms with Crippen LogP contribution in [-0.2, 0) is 11.4 Å². The highest BCUT2D eigenvalue weighted by atomic mass is 19.1. The van der Waals surface area contributed by atoms with Gasteiger partial charge < -0.3 is 20.1 Å². The molecule has 1 aromatic heterocycles. The molecular weight excluding hydrogens is 439 g/mol. The zero-order valence-electron chi connectivity index (χ0n) is 20.1. The lowest BCUT2D eigenvalue weighted by atomic mass is 10.1. The number of aliphatic hydroxyl groups is 2. The Morgan fingerprint density at radius 3 is 2.68 bits per heavy atom. The maximum atomic E-state index is 15.6. The van der Waals surface area contributed by atoms with Crippen molar-refractivity contribution in [3.63, 3.8) is 0 Å². The van der Waals surface area contributed by atoms with Gasteiger partial charge in [0.25, 0.3) is 5.91 Å². The summed E-state index contributed by atoms with van der Waals surface area (Å²) in [7, 11) is 0. The molecule has 1 heterocycles. The fourth-order valence-corrected chi connectivity index (χ4v) is 3.54. The Bertz CT molecular complexity index is 1140. The Balaban J connectivity index is 0.00000158. The monoisotopic (exact) mass is 472 g/mol. The molecule has 0 aliphatic heterocycles. The maximum absolute atomic E-state index is 15.6. The number of hydroxylamine groups is 1. The molecule has 1 unspecified atom stereocenters. The van der Waals surface area contributed by atoms with Crippen LogP contribution >= 0.6 is 0 Å². The molecule has 0 bridgehead atoms. The fourth-order valence-electron chi connectivity index (χ4n) is 3.54. The van der Waals surface area contributed by atoms with Crippen LogP contribution in [0.15, 0.2) is 30.6 Å². The van der Waals surface area contributed by atoms with Crippen molar-refractivity contribution in [2.24, 2.45) is 5.92 Å². The van der Waals surface area contributed by atoms with Crippen LogP contribution in [0.4, 0.5) is 15.8 Å². The highest BCUT2D eigenvalue weighted by Crippen LogP contribution is 2.32. The second-order valence-electron chi connectivity index (χ2n) is 8.34. The second kappa shape index (κ2) is 11.4. The normalized spacial score (nSPS) is 13.9. The Morgan fingerprint density at radius 2 is 2.03 bits per heavy atom. The molecule has 1 saturated carbocycles. The van der Waals surface area contributed by atoms with Gasteiger partial charge in [-0.05, 0) is 50.3 Å².